The van der Waals surface area contributed by atoms with Crippen molar-refractivity contribution >= 4 is 40.4 Å². The third kappa shape index (κ3) is 4.63. The molecule has 34 heavy (non-hydrogen) atoms. The minimum Gasteiger partial charge on any atom is -0.334 e. The molecule has 0 saturated heterocycles. The van der Waals surface area contributed by atoms with E-state index in [-0.39, 0.29) is 11.8 Å². The standard InChI is InChI=1S/C27H28ClN3O2S/c1-30(2)17-27(13-14-27)19-8-6-18(7-9-19)12-15-31-16-21-20(26(31)33)4-3-5-22(21)29-25(32)23-10-11-24(28)34-23/h3-11H,12-17H2,1-2H3,(H,29,32). The van der Waals surface area contributed by atoms with Gasteiger partial charge in [-0.2, -0.15) is 0 Å². The number of carbonyl (C=O) groups is 2. The Labute approximate surface area is 209 Å². The Morgan fingerprint density at radius 3 is 2.53 bits per heavy atom. The summed E-state index contributed by atoms with van der Waals surface area (Å²) in [6, 6.07) is 17.9. The first kappa shape index (κ1) is 23.1. The maximum Gasteiger partial charge on any atom is 0.265 e. The van der Waals surface area contributed by atoms with Crippen molar-refractivity contribution in [3.63, 3.8) is 0 Å². The zero-order chi connectivity index (χ0) is 23.9. The molecule has 0 atom stereocenters. The number of hydrogen-bond donors (Lipinski definition) is 1. The van der Waals surface area contributed by atoms with Gasteiger partial charge in [0.25, 0.3) is 11.8 Å². The zero-order valence-electron chi connectivity index (χ0n) is 19.4. The number of hydrogen-bond acceptors (Lipinski definition) is 4. The van der Waals surface area contributed by atoms with E-state index in [1.165, 1.54) is 35.3 Å². The van der Waals surface area contributed by atoms with E-state index in [2.05, 4.69) is 48.6 Å². The summed E-state index contributed by atoms with van der Waals surface area (Å²) in [6.45, 7) is 2.23. The molecular weight excluding hydrogens is 466 g/mol. The number of thiophene rings is 1. The second kappa shape index (κ2) is 9.17. The Balaban J connectivity index is 1.23. The molecule has 1 aliphatic heterocycles. The first-order chi connectivity index (χ1) is 16.3. The van der Waals surface area contributed by atoms with E-state index in [4.69, 9.17) is 11.6 Å². The van der Waals surface area contributed by atoms with Gasteiger partial charge >= 0.3 is 0 Å². The summed E-state index contributed by atoms with van der Waals surface area (Å²) < 4.78 is 0.572. The van der Waals surface area contributed by atoms with Gasteiger partial charge in [0, 0.05) is 41.9 Å². The molecule has 3 aromatic rings. The highest BCUT2D eigenvalue weighted by molar-refractivity contribution is 7.18. The maximum atomic E-state index is 13.0. The Kier molecular flexibility index (Phi) is 6.23. The smallest absolute Gasteiger partial charge is 0.265 e. The number of nitrogens with zero attached hydrogens (tertiary/aromatic N) is 2. The number of benzene rings is 2. The van der Waals surface area contributed by atoms with E-state index < -0.39 is 0 Å². The lowest BCUT2D eigenvalue weighted by molar-refractivity contribution is 0.0780. The van der Waals surface area contributed by atoms with E-state index in [1.54, 1.807) is 12.1 Å². The van der Waals surface area contributed by atoms with Gasteiger partial charge in [0.05, 0.1) is 9.21 Å². The summed E-state index contributed by atoms with van der Waals surface area (Å²) in [4.78, 5) is 30.3. The van der Waals surface area contributed by atoms with E-state index in [9.17, 15) is 9.59 Å². The summed E-state index contributed by atoms with van der Waals surface area (Å²) in [5.74, 6) is -0.191. The Hall–Kier alpha value is -2.67. The molecular formula is C27H28ClN3O2S. The van der Waals surface area contributed by atoms with Crippen molar-refractivity contribution in [3.8, 4) is 0 Å². The molecule has 2 aliphatic rings. The number of fused-ring (bicyclic) bond motifs is 1. The van der Waals surface area contributed by atoms with Gasteiger partial charge in [0.2, 0.25) is 0 Å². The molecule has 5 nitrogen and oxygen atoms in total. The molecule has 1 aromatic heterocycles. The van der Waals surface area contributed by atoms with Gasteiger partial charge in [-0.05, 0) is 68.8 Å². The Bertz CT molecular complexity index is 1230. The average Bonchev–Trinajstić information content (AvgIpc) is 3.32. The molecule has 2 heterocycles. The van der Waals surface area contributed by atoms with Crippen molar-refractivity contribution in [1.29, 1.82) is 0 Å². The monoisotopic (exact) mass is 493 g/mol. The third-order valence-electron chi connectivity index (χ3n) is 6.80. The normalized spacial score (nSPS) is 16.1. The predicted octanol–water partition coefficient (Wildman–Crippen LogP) is 5.45. The van der Waals surface area contributed by atoms with Gasteiger partial charge in [-0.3, -0.25) is 9.59 Å². The number of nitrogens with one attached hydrogen (secondary N) is 1. The van der Waals surface area contributed by atoms with Gasteiger partial charge in [0.15, 0.2) is 0 Å². The minimum atomic E-state index is -0.209. The van der Waals surface area contributed by atoms with Gasteiger partial charge in [-0.1, -0.05) is 41.9 Å². The molecule has 1 N–H and O–H groups in total. The van der Waals surface area contributed by atoms with Crippen molar-refractivity contribution in [2.75, 3.05) is 32.5 Å². The number of carbonyl (C=O) groups excluding carboxylic acids is 2. The van der Waals surface area contributed by atoms with Gasteiger partial charge in [-0.15, -0.1) is 11.3 Å². The minimum absolute atomic E-state index is 0.0183. The van der Waals surface area contributed by atoms with E-state index in [1.807, 2.05) is 23.1 Å². The van der Waals surface area contributed by atoms with E-state index >= 15 is 0 Å². The molecule has 1 saturated carbocycles. The molecule has 5 rings (SSSR count). The number of amides is 2. The van der Waals surface area contributed by atoms with Crippen LogP contribution in [0.1, 0.15) is 49.6 Å². The van der Waals surface area contributed by atoms with Crippen LogP contribution in [-0.2, 0) is 18.4 Å². The number of rotatable bonds is 8. The largest absolute Gasteiger partial charge is 0.334 e. The second-order valence-electron chi connectivity index (χ2n) is 9.58. The summed E-state index contributed by atoms with van der Waals surface area (Å²) in [5, 5.41) is 2.96. The van der Waals surface area contributed by atoms with Gasteiger partial charge in [0.1, 0.15) is 0 Å². The fourth-order valence-electron chi connectivity index (χ4n) is 4.89. The van der Waals surface area contributed by atoms with Crippen LogP contribution in [0, 0.1) is 0 Å². The van der Waals surface area contributed by atoms with Gasteiger partial charge < -0.3 is 15.1 Å². The van der Waals surface area contributed by atoms with E-state index in [0.717, 1.165) is 18.5 Å². The topological polar surface area (TPSA) is 52.6 Å². The fraction of sp³-hybridized carbons (Fsp3) is 0.333. The van der Waals surface area contributed by atoms with Crippen molar-refractivity contribution < 1.29 is 9.59 Å². The fourth-order valence-corrected chi connectivity index (χ4v) is 5.83. The SMILES string of the molecule is CN(C)CC1(c2ccc(CCN3Cc4c(NC(=O)c5ccc(Cl)s5)cccc4C3=O)cc2)CC1. The van der Waals surface area contributed by atoms with Crippen LogP contribution < -0.4 is 5.32 Å². The number of likely N-dealkylation sites (N-methyl/N-ethyl adjacent to an activating group) is 1. The molecule has 0 spiro atoms. The van der Waals surface area contributed by atoms with Crippen molar-refractivity contribution in [2.24, 2.45) is 0 Å². The van der Waals surface area contributed by atoms with E-state index in [0.29, 0.717) is 39.0 Å². The maximum absolute atomic E-state index is 13.0. The van der Waals surface area contributed by atoms with Crippen molar-refractivity contribution in [1.82, 2.24) is 9.80 Å². The average molecular weight is 494 g/mol. The van der Waals surface area contributed by atoms with Crippen LogP contribution in [0.25, 0.3) is 0 Å². The zero-order valence-corrected chi connectivity index (χ0v) is 21.0. The van der Waals surface area contributed by atoms with Crippen LogP contribution in [0.2, 0.25) is 4.34 Å². The first-order valence-electron chi connectivity index (χ1n) is 11.6. The molecule has 1 aliphatic carbocycles. The van der Waals surface area contributed by atoms with Crippen LogP contribution in [0.5, 0.6) is 0 Å². The van der Waals surface area contributed by atoms with Crippen molar-refractivity contribution in [2.45, 2.75) is 31.2 Å². The van der Waals surface area contributed by atoms with Crippen LogP contribution in [0.15, 0.2) is 54.6 Å². The second-order valence-corrected chi connectivity index (χ2v) is 11.3. The third-order valence-corrected chi connectivity index (χ3v) is 8.03. The molecule has 1 fully saturated rings. The molecule has 7 heteroatoms. The number of anilines is 1. The highest BCUT2D eigenvalue weighted by atomic mass is 35.5. The molecule has 0 bridgehead atoms. The molecule has 176 valence electrons. The van der Waals surface area contributed by atoms with Crippen molar-refractivity contribution in [3.05, 3.63) is 86.1 Å². The van der Waals surface area contributed by atoms with Crippen LogP contribution in [0.4, 0.5) is 5.69 Å². The highest BCUT2D eigenvalue weighted by Gasteiger charge is 2.44. The molecule has 2 amide bonds. The molecule has 0 unspecified atom stereocenters. The Morgan fingerprint density at radius 1 is 1.12 bits per heavy atom. The quantitative estimate of drug-likeness (QED) is 0.454. The first-order valence-corrected chi connectivity index (χ1v) is 12.8. The number of halogens is 1. The lowest BCUT2D eigenvalue weighted by atomic mass is 9.94. The van der Waals surface area contributed by atoms with Crippen LogP contribution in [0.3, 0.4) is 0 Å². The summed E-state index contributed by atoms with van der Waals surface area (Å²) in [6.07, 6.45) is 3.31. The lowest BCUT2D eigenvalue weighted by Gasteiger charge is -2.21. The molecule has 2 aromatic carbocycles. The van der Waals surface area contributed by atoms with Gasteiger partial charge in [-0.25, -0.2) is 0 Å². The highest BCUT2D eigenvalue weighted by Crippen LogP contribution is 2.48. The van der Waals surface area contributed by atoms with Crippen LogP contribution in [-0.4, -0.2) is 48.8 Å². The predicted molar refractivity (Wildman–Crippen MR) is 138 cm³/mol. The summed E-state index contributed by atoms with van der Waals surface area (Å²) in [7, 11) is 4.27. The lowest BCUT2D eigenvalue weighted by Crippen LogP contribution is -2.26. The summed E-state index contributed by atoms with van der Waals surface area (Å²) in [5.41, 5.74) is 5.19. The summed E-state index contributed by atoms with van der Waals surface area (Å²) >= 11 is 7.20. The van der Waals surface area contributed by atoms with Crippen LogP contribution >= 0.6 is 22.9 Å². The molecule has 0 radical (unpaired) electrons. The Morgan fingerprint density at radius 2 is 1.88 bits per heavy atom.